The molecule has 56 heavy (non-hydrogen) atoms. The number of carboxylic acids is 1. The Morgan fingerprint density at radius 2 is 1.54 bits per heavy atom. The number of nitrogens with zero attached hydrogens (tertiary/aromatic N) is 2. The van der Waals surface area contributed by atoms with Gasteiger partial charge in [0.15, 0.2) is 5.96 Å². The van der Waals surface area contributed by atoms with E-state index in [9.17, 15) is 39.0 Å². The first kappa shape index (κ1) is 47.2. The van der Waals surface area contributed by atoms with Crippen LogP contribution in [0.1, 0.15) is 91.0 Å². The molecule has 5 amide bonds. The predicted octanol–water partition coefficient (Wildman–Crippen LogP) is -0.448. The second-order valence-corrected chi connectivity index (χ2v) is 14.9. The van der Waals surface area contributed by atoms with Gasteiger partial charge in [-0.3, -0.25) is 29.0 Å². The van der Waals surface area contributed by atoms with E-state index >= 15 is 0 Å². The van der Waals surface area contributed by atoms with E-state index in [1.807, 2.05) is 20.8 Å². The number of aliphatic imine (C=N–C) groups is 1. The lowest BCUT2D eigenvalue weighted by molar-refractivity contribution is -0.143. The van der Waals surface area contributed by atoms with Crippen LogP contribution in [0.15, 0.2) is 29.3 Å². The summed E-state index contributed by atoms with van der Waals surface area (Å²) in [5, 5.41) is 30.5. The van der Waals surface area contributed by atoms with Crippen molar-refractivity contribution in [3.05, 3.63) is 29.8 Å². The Balaban J connectivity index is 2.33. The Morgan fingerprint density at radius 1 is 0.875 bits per heavy atom. The number of nitrogens with two attached hydrogens (primary N) is 4. The number of carbonyl (C=O) groups excluding carboxylic acids is 5. The average molecular weight is 789 g/mol. The van der Waals surface area contributed by atoms with Crippen molar-refractivity contribution in [2.75, 3.05) is 19.6 Å². The lowest BCUT2D eigenvalue weighted by Crippen LogP contribution is -2.60. The first-order chi connectivity index (χ1) is 26.5. The Hall–Kier alpha value is -4.97. The Bertz CT molecular complexity index is 1490. The topological polar surface area (TPSA) is 311 Å². The molecule has 18 heteroatoms. The maximum Gasteiger partial charge on any atom is 0.326 e. The van der Waals surface area contributed by atoms with Gasteiger partial charge in [0.2, 0.25) is 29.5 Å². The van der Waals surface area contributed by atoms with Crippen LogP contribution in [0.5, 0.6) is 5.75 Å². The average Bonchev–Trinajstić information content (AvgIpc) is 3.64. The summed E-state index contributed by atoms with van der Waals surface area (Å²) in [7, 11) is 0. The zero-order valence-corrected chi connectivity index (χ0v) is 33.2. The number of guanidine groups is 1. The third-order valence-corrected chi connectivity index (χ3v) is 9.83. The highest BCUT2D eigenvalue weighted by molar-refractivity contribution is 5.96. The number of likely N-dealkylation sites (tertiary alicyclic amines) is 1. The molecule has 1 aliphatic heterocycles. The predicted molar refractivity (Wildman–Crippen MR) is 212 cm³/mol. The van der Waals surface area contributed by atoms with Crippen molar-refractivity contribution in [2.45, 2.75) is 128 Å². The quantitative estimate of drug-likeness (QED) is 0.0362. The van der Waals surface area contributed by atoms with Crippen LogP contribution < -0.4 is 44.2 Å². The normalized spacial score (nSPS) is 17.1. The molecule has 1 fully saturated rings. The number of carboxylic acid groups (broad SMARTS) is 1. The van der Waals surface area contributed by atoms with Crippen molar-refractivity contribution in [1.29, 1.82) is 0 Å². The lowest BCUT2D eigenvalue weighted by Gasteiger charge is -2.31. The molecule has 18 nitrogen and oxygen atoms in total. The molecule has 0 unspecified atom stereocenters. The molecule has 0 aromatic heterocycles. The van der Waals surface area contributed by atoms with Crippen LogP contribution in [-0.2, 0) is 35.2 Å². The van der Waals surface area contributed by atoms with E-state index in [1.165, 1.54) is 17.0 Å². The van der Waals surface area contributed by atoms with Crippen molar-refractivity contribution < 1.29 is 39.0 Å². The van der Waals surface area contributed by atoms with E-state index in [0.717, 1.165) is 0 Å². The number of hydrogen-bond donors (Lipinski definition) is 10. The van der Waals surface area contributed by atoms with Crippen LogP contribution in [0.3, 0.4) is 0 Å². The third-order valence-electron chi connectivity index (χ3n) is 9.83. The summed E-state index contributed by atoms with van der Waals surface area (Å²) in [6.07, 6.45) is 3.51. The number of phenols is 1. The van der Waals surface area contributed by atoms with Gasteiger partial charge in [0.1, 0.15) is 36.0 Å². The number of hydrogen-bond acceptors (Lipinski definition) is 10. The molecule has 0 radical (unpaired) electrons. The number of aromatic hydroxyl groups is 1. The van der Waals surface area contributed by atoms with Gasteiger partial charge in [-0.2, -0.15) is 0 Å². The fourth-order valence-electron chi connectivity index (χ4n) is 6.44. The zero-order valence-electron chi connectivity index (χ0n) is 33.2. The molecule has 0 bridgehead atoms. The van der Waals surface area contributed by atoms with Crippen molar-refractivity contribution in [3.63, 3.8) is 0 Å². The molecule has 1 aromatic rings. The Labute approximate surface area is 329 Å². The molecule has 1 heterocycles. The van der Waals surface area contributed by atoms with E-state index in [0.29, 0.717) is 50.6 Å². The number of carbonyl (C=O) groups is 6. The molecule has 1 saturated heterocycles. The minimum Gasteiger partial charge on any atom is -0.508 e. The minimum atomic E-state index is -1.23. The molecule has 1 aliphatic rings. The van der Waals surface area contributed by atoms with Gasteiger partial charge in [-0.05, 0) is 87.4 Å². The van der Waals surface area contributed by atoms with E-state index < -0.39 is 77.7 Å². The van der Waals surface area contributed by atoms with Crippen LogP contribution in [0.25, 0.3) is 0 Å². The zero-order chi connectivity index (χ0) is 41.9. The Morgan fingerprint density at radius 3 is 2.12 bits per heavy atom. The summed E-state index contributed by atoms with van der Waals surface area (Å²) in [6, 6.07) is -0.345. The summed E-state index contributed by atoms with van der Waals surface area (Å²) in [5.74, 6) is -4.67. The number of phenolic OH excluding ortho intramolecular Hbond substituents is 1. The second-order valence-electron chi connectivity index (χ2n) is 14.9. The summed E-state index contributed by atoms with van der Waals surface area (Å²) in [4.78, 5) is 85.9. The molecular weight excluding hydrogens is 724 g/mol. The summed E-state index contributed by atoms with van der Waals surface area (Å²) in [6.45, 7) is 8.15. The van der Waals surface area contributed by atoms with Crippen LogP contribution in [0.2, 0.25) is 0 Å². The van der Waals surface area contributed by atoms with Gasteiger partial charge >= 0.3 is 5.97 Å². The first-order valence-electron chi connectivity index (χ1n) is 19.5. The lowest BCUT2D eigenvalue weighted by atomic mass is 9.96. The van der Waals surface area contributed by atoms with E-state index in [-0.39, 0.29) is 56.4 Å². The molecular formula is C38H64N10O8. The smallest absolute Gasteiger partial charge is 0.326 e. The van der Waals surface area contributed by atoms with Gasteiger partial charge < -0.3 is 59.3 Å². The summed E-state index contributed by atoms with van der Waals surface area (Å²) >= 11 is 0. The highest BCUT2D eigenvalue weighted by Crippen LogP contribution is 2.21. The molecule has 0 aliphatic carbocycles. The minimum absolute atomic E-state index is 0.00166. The molecule has 314 valence electrons. The van der Waals surface area contributed by atoms with Crippen LogP contribution in [0.4, 0.5) is 0 Å². The Kier molecular flexibility index (Phi) is 20.1. The number of rotatable bonds is 24. The van der Waals surface area contributed by atoms with Gasteiger partial charge in [0, 0.05) is 19.5 Å². The maximum absolute atomic E-state index is 14.0. The second kappa shape index (κ2) is 23.8. The number of nitrogens with one attached hydrogen (secondary N) is 4. The van der Waals surface area contributed by atoms with Gasteiger partial charge in [0.25, 0.3) is 0 Å². The fraction of sp³-hybridized carbons (Fsp3) is 0.658. The first-order valence-corrected chi connectivity index (χ1v) is 19.5. The number of benzene rings is 1. The SMILES string of the molecule is CC[C@H](C)[C@H](NC(=O)[C@H](Cc1ccc(O)cc1)NC(=O)[C@@H]1CCCN1C(=O)[C@H](CCCCN)NC(=O)[C@@H](N)CCCN=C(N)N)C(=O)N[C@@H](CC(C)C)C(=O)O. The van der Waals surface area contributed by atoms with Crippen molar-refractivity contribution in [2.24, 2.45) is 39.8 Å². The van der Waals surface area contributed by atoms with Crippen molar-refractivity contribution in [3.8, 4) is 5.75 Å². The number of unbranched alkanes of at least 4 members (excludes halogenated alkanes) is 1. The van der Waals surface area contributed by atoms with E-state index in [4.69, 9.17) is 22.9 Å². The molecule has 0 saturated carbocycles. The third kappa shape index (κ3) is 15.6. The van der Waals surface area contributed by atoms with E-state index in [2.05, 4.69) is 26.3 Å². The molecule has 2 rings (SSSR count). The van der Waals surface area contributed by atoms with Crippen molar-refractivity contribution >= 4 is 41.5 Å². The molecule has 1 aromatic carbocycles. The number of aliphatic carboxylic acids is 1. The molecule has 14 N–H and O–H groups in total. The van der Waals surface area contributed by atoms with Gasteiger partial charge in [-0.25, -0.2) is 4.79 Å². The summed E-state index contributed by atoms with van der Waals surface area (Å²) in [5.41, 5.74) is 23.1. The van der Waals surface area contributed by atoms with Crippen LogP contribution in [0, 0.1) is 11.8 Å². The largest absolute Gasteiger partial charge is 0.508 e. The highest BCUT2D eigenvalue weighted by Gasteiger charge is 2.40. The molecule has 7 atom stereocenters. The summed E-state index contributed by atoms with van der Waals surface area (Å²) < 4.78 is 0. The van der Waals surface area contributed by atoms with Gasteiger partial charge in [0.05, 0.1) is 6.04 Å². The van der Waals surface area contributed by atoms with Crippen molar-refractivity contribution in [1.82, 2.24) is 26.2 Å². The van der Waals surface area contributed by atoms with E-state index in [1.54, 1.807) is 19.1 Å². The van der Waals surface area contributed by atoms with Crippen LogP contribution in [-0.4, -0.2) is 112 Å². The maximum atomic E-state index is 14.0. The highest BCUT2D eigenvalue weighted by atomic mass is 16.4. The van der Waals surface area contributed by atoms with Gasteiger partial charge in [-0.1, -0.05) is 46.2 Å². The monoisotopic (exact) mass is 788 g/mol. The fourth-order valence-corrected chi connectivity index (χ4v) is 6.44. The standard InChI is InChI=1S/C38H64N10O8/c1-5-23(4)31(35(53)46-29(37(55)56)20-22(2)3)47-33(51)28(21-24-13-15-25(49)16-14-24)45-34(52)30-12-9-19-48(30)36(54)27(11-6-7-17-39)44-32(50)26(40)10-8-18-43-38(41)42/h13-16,22-23,26-31,49H,5-12,17-21,39-40H2,1-4H3,(H,44,50)(H,45,52)(H,46,53)(H,47,51)(H,55,56)(H4,41,42,43)/t23-,26-,27-,28-,29-,30-,31-/m0/s1. The van der Waals surface area contributed by atoms with Crippen LogP contribution >= 0.6 is 0 Å². The number of amides is 5. The molecule has 0 spiro atoms. The van der Waals surface area contributed by atoms with Gasteiger partial charge in [-0.15, -0.1) is 0 Å².